The minimum absolute atomic E-state index is 0.104. The predicted molar refractivity (Wildman–Crippen MR) is 134 cm³/mol. The van der Waals surface area contributed by atoms with Crippen molar-refractivity contribution in [2.75, 3.05) is 18.4 Å². The number of pyridine rings is 1. The fourth-order valence-corrected chi connectivity index (χ4v) is 6.01. The van der Waals surface area contributed by atoms with Crippen LogP contribution in [0, 0.1) is 0 Å². The highest BCUT2D eigenvalue weighted by molar-refractivity contribution is 7.89. The largest absolute Gasteiger partial charge is 0.349 e. The highest BCUT2D eigenvalue weighted by Crippen LogP contribution is 2.40. The Labute approximate surface area is 204 Å². The lowest BCUT2D eigenvalue weighted by Gasteiger charge is -2.31. The van der Waals surface area contributed by atoms with Gasteiger partial charge in [0, 0.05) is 48.7 Å². The Balaban J connectivity index is 1.25. The summed E-state index contributed by atoms with van der Waals surface area (Å²) in [7, 11) is -3.65. The number of carbonyl (C=O) groups is 2. The Morgan fingerprint density at radius 1 is 0.971 bits per heavy atom. The number of hydrogen-bond acceptors (Lipinski definition) is 5. The molecule has 2 fully saturated rings. The number of rotatable bonds is 6. The van der Waals surface area contributed by atoms with Crippen molar-refractivity contribution < 1.29 is 18.0 Å². The number of aromatic nitrogens is 1. The molecule has 182 valence electrons. The number of benzene rings is 2. The van der Waals surface area contributed by atoms with Crippen LogP contribution in [0.3, 0.4) is 0 Å². The molecule has 1 saturated carbocycles. The maximum Gasteiger partial charge on any atom is 0.252 e. The lowest BCUT2D eigenvalue weighted by Crippen LogP contribution is -2.46. The number of hydrogen-bond donors (Lipinski definition) is 2. The number of amides is 2. The summed E-state index contributed by atoms with van der Waals surface area (Å²) in [5.74, 6) is 0.0838. The van der Waals surface area contributed by atoms with E-state index in [0.29, 0.717) is 43.1 Å². The molecule has 0 spiro atoms. The number of fused-ring (bicyclic) bond motifs is 1. The third kappa shape index (κ3) is 5.06. The van der Waals surface area contributed by atoms with E-state index in [0.717, 1.165) is 29.4 Å². The van der Waals surface area contributed by atoms with Gasteiger partial charge in [-0.1, -0.05) is 18.2 Å². The van der Waals surface area contributed by atoms with Crippen molar-refractivity contribution in [3.05, 3.63) is 65.9 Å². The molecule has 1 aliphatic heterocycles. The summed E-state index contributed by atoms with van der Waals surface area (Å²) >= 11 is 0. The van der Waals surface area contributed by atoms with Gasteiger partial charge >= 0.3 is 0 Å². The molecule has 35 heavy (non-hydrogen) atoms. The van der Waals surface area contributed by atoms with Crippen molar-refractivity contribution in [1.82, 2.24) is 14.6 Å². The quantitative estimate of drug-likeness (QED) is 0.546. The van der Waals surface area contributed by atoms with Gasteiger partial charge in [0.2, 0.25) is 15.9 Å². The average Bonchev–Trinajstić information content (AvgIpc) is 3.69. The lowest BCUT2D eigenvalue weighted by atomic mass is 10.0. The molecule has 2 heterocycles. The second-order valence-corrected chi connectivity index (χ2v) is 11.2. The highest BCUT2D eigenvalue weighted by Gasteiger charge is 2.31. The van der Waals surface area contributed by atoms with E-state index in [-0.39, 0.29) is 22.8 Å². The summed E-state index contributed by atoms with van der Waals surface area (Å²) in [6, 6.07) is 15.7. The van der Waals surface area contributed by atoms with Gasteiger partial charge in [0.1, 0.15) is 0 Å². The van der Waals surface area contributed by atoms with Crippen LogP contribution in [-0.2, 0) is 14.8 Å². The van der Waals surface area contributed by atoms with Crippen molar-refractivity contribution in [1.29, 1.82) is 0 Å². The molecule has 0 unspecified atom stereocenters. The summed E-state index contributed by atoms with van der Waals surface area (Å²) < 4.78 is 27.6. The van der Waals surface area contributed by atoms with Crippen LogP contribution in [0.4, 0.5) is 5.69 Å². The van der Waals surface area contributed by atoms with Gasteiger partial charge < -0.3 is 10.6 Å². The monoisotopic (exact) mass is 492 g/mol. The second-order valence-electron chi connectivity index (χ2n) is 9.24. The van der Waals surface area contributed by atoms with Gasteiger partial charge in [0.05, 0.1) is 16.0 Å². The third-order valence-electron chi connectivity index (χ3n) is 6.58. The Bertz CT molecular complexity index is 1380. The molecule has 0 bridgehead atoms. The van der Waals surface area contributed by atoms with Gasteiger partial charge in [-0.2, -0.15) is 4.31 Å². The van der Waals surface area contributed by atoms with E-state index in [9.17, 15) is 18.0 Å². The molecular weight excluding hydrogens is 464 g/mol. The average molecular weight is 493 g/mol. The van der Waals surface area contributed by atoms with Gasteiger partial charge in [-0.15, -0.1) is 0 Å². The Hall–Kier alpha value is -3.30. The molecule has 2 aliphatic rings. The van der Waals surface area contributed by atoms with Crippen LogP contribution >= 0.6 is 0 Å². The number of carbonyl (C=O) groups excluding carboxylic acids is 2. The molecule has 3 aromatic rings. The zero-order chi connectivity index (χ0) is 24.6. The standard InChI is InChI=1S/C26H28N4O4S/c1-17(31)27-19-8-10-21(11-9-19)35(33,34)30-14-12-20(13-15-30)28-26(32)23-16-25(18-6-7-18)29-24-5-3-2-4-22(23)24/h2-5,8-11,16,18,20H,6-7,12-15H2,1H3,(H,27,31)(H,28,32). The number of sulfonamides is 1. The van der Waals surface area contributed by atoms with Crippen molar-refractivity contribution >= 4 is 38.4 Å². The molecule has 2 amide bonds. The minimum atomic E-state index is -3.65. The fraction of sp³-hybridized carbons (Fsp3) is 0.346. The molecule has 2 aromatic carbocycles. The van der Waals surface area contributed by atoms with E-state index in [1.54, 1.807) is 12.1 Å². The maximum absolute atomic E-state index is 13.2. The van der Waals surface area contributed by atoms with E-state index in [1.807, 2.05) is 30.3 Å². The Morgan fingerprint density at radius 3 is 2.31 bits per heavy atom. The van der Waals surface area contributed by atoms with E-state index in [4.69, 9.17) is 4.98 Å². The van der Waals surface area contributed by atoms with Crippen LogP contribution in [0.1, 0.15) is 54.6 Å². The number of piperidine rings is 1. The van der Waals surface area contributed by atoms with Crippen LogP contribution < -0.4 is 10.6 Å². The predicted octanol–water partition coefficient (Wildman–Crippen LogP) is 3.65. The van der Waals surface area contributed by atoms with Gasteiger partial charge in [0.25, 0.3) is 5.91 Å². The van der Waals surface area contributed by atoms with E-state index in [1.165, 1.54) is 23.4 Å². The molecular formula is C26H28N4O4S. The van der Waals surface area contributed by atoms with E-state index in [2.05, 4.69) is 10.6 Å². The zero-order valence-electron chi connectivity index (χ0n) is 19.5. The van der Waals surface area contributed by atoms with Gasteiger partial charge in [-0.3, -0.25) is 14.6 Å². The molecule has 8 nitrogen and oxygen atoms in total. The van der Waals surface area contributed by atoms with Gasteiger partial charge in [-0.25, -0.2) is 8.42 Å². The van der Waals surface area contributed by atoms with Gasteiger partial charge in [-0.05, 0) is 62.1 Å². The minimum Gasteiger partial charge on any atom is -0.349 e. The summed E-state index contributed by atoms with van der Waals surface area (Å²) in [5.41, 5.74) is 2.98. The second kappa shape index (κ2) is 9.39. The molecule has 1 aliphatic carbocycles. The van der Waals surface area contributed by atoms with Gasteiger partial charge in [0.15, 0.2) is 0 Å². The van der Waals surface area contributed by atoms with Crippen LogP contribution in [0.2, 0.25) is 0 Å². The Kier molecular flexibility index (Phi) is 6.29. The molecule has 5 rings (SSSR count). The molecule has 0 atom stereocenters. The number of nitrogens with zero attached hydrogens (tertiary/aromatic N) is 2. The molecule has 1 aromatic heterocycles. The Morgan fingerprint density at radius 2 is 1.66 bits per heavy atom. The van der Waals surface area contributed by atoms with Crippen LogP contribution in [0.25, 0.3) is 10.9 Å². The number of anilines is 1. The summed E-state index contributed by atoms with van der Waals surface area (Å²) in [6.07, 6.45) is 3.28. The smallest absolute Gasteiger partial charge is 0.252 e. The summed E-state index contributed by atoms with van der Waals surface area (Å²) in [5, 5.41) is 6.59. The molecule has 1 saturated heterocycles. The summed E-state index contributed by atoms with van der Waals surface area (Å²) in [4.78, 5) is 29.3. The first-order valence-corrected chi connectivity index (χ1v) is 13.3. The number of nitrogens with one attached hydrogen (secondary N) is 2. The van der Waals surface area contributed by atoms with Crippen LogP contribution in [-0.4, -0.2) is 48.7 Å². The third-order valence-corrected chi connectivity index (χ3v) is 8.49. The fourth-order valence-electron chi connectivity index (χ4n) is 4.54. The molecule has 0 radical (unpaired) electrons. The molecule has 2 N–H and O–H groups in total. The number of para-hydroxylation sites is 1. The maximum atomic E-state index is 13.2. The first-order valence-electron chi connectivity index (χ1n) is 11.9. The SMILES string of the molecule is CC(=O)Nc1ccc(S(=O)(=O)N2CCC(NC(=O)c3cc(C4CC4)nc4ccccc34)CC2)cc1. The first kappa shape index (κ1) is 23.4. The first-order chi connectivity index (χ1) is 16.8. The highest BCUT2D eigenvalue weighted by atomic mass is 32.2. The summed E-state index contributed by atoms with van der Waals surface area (Å²) in [6.45, 7) is 2.05. The lowest BCUT2D eigenvalue weighted by molar-refractivity contribution is -0.114. The topological polar surface area (TPSA) is 108 Å². The van der Waals surface area contributed by atoms with Crippen molar-refractivity contribution in [2.45, 2.75) is 49.5 Å². The van der Waals surface area contributed by atoms with Crippen LogP contribution in [0.5, 0.6) is 0 Å². The van der Waals surface area contributed by atoms with Crippen LogP contribution in [0.15, 0.2) is 59.5 Å². The van der Waals surface area contributed by atoms with Crippen molar-refractivity contribution in [3.63, 3.8) is 0 Å². The zero-order valence-corrected chi connectivity index (χ0v) is 20.3. The normalized spacial score (nSPS) is 17.3. The van der Waals surface area contributed by atoms with E-state index >= 15 is 0 Å². The van der Waals surface area contributed by atoms with Crippen molar-refractivity contribution in [3.8, 4) is 0 Å². The van der Waals surface area contributed by atoms with E-state index < -0.39 is 10.0 Å². The molecule has 9 heteroatoms. The van der Waals surface area contributed by atoms with Crippen molar-refractivity contribution in [2.24, 2.45) is 0 Å².